The van der Waals surface area contributed by atoms with Crippen molar-refractivity contribution in [2.45, 2.75) is 6.42 Å². The second-order valence-electron chi connectivity index (χ2n) is 5.90. The van der Waals surface area contributed by atoms with Gasteiger partial charge in [0.05, 0.1) is 29.7 Å². The molecule has 2 aromatic carbocycles. The maximum Gasteiger partial charge on any atom is 0.228 e. The van der Waals surface area contributed by atoms with Crippen LogP contribution in [0, 0.1) is 23.5 Å². The van der Waals surface area contributed by atoms with Crippen molar-refractivity contribution in [1.29, 1.82) is 0 Å². The van der Waals surface area contributed by atoms with Gasteiger partial charge in [-0.25, -0.2) is 8.78 Å². The number of hydrogen-bond donors (Lipinski definition) is 2. The van der Waals surface area contributed by atoms with Crippen molar-refractivity contribution in [3.8, 4) is 5.75 Å². The molecule has 1 fully saturated rings. The first-order valence-electron chi connectivity index (χ1n) is 7.79. The van der Waals surface area contributed by atoms with E-state index in [0.717, 1.165) is 12.1 Å². The second-order valence-corrected chi connectivity index (χ2v) is 6.31. The molecule has 1 saturated carbocycles. The van der Waals surface area contributed by atoms with E-state index >= 15 is 0 Å². The van der Waals surface area contributed by atoms with Gasteiger partial charge in [-0.05, 0) is 36.8 Å². The highest BCUT2D eigenvalue weighted by Crippen LogP contribution is 2.40. The number of halogens is 3. The quantitative estimate of drug-likeness (QED) is 0.828. The first-order valence-corrected chi connectivity index (χ1v) is 8.17. The van der Waals surface area contributed by atoms with E-state index in [2.05, 4.69) is 10.6 Å². The molecule has 0 saturated heterocycles. The number of methoxy groups -OCH3 is 1. The van der Waals surface area contributed by atoms with Gasteiger partial charge in [0.15, 0.2) is 0 Å². The molecule has 0 aromatic heterocycles. The van der Waals surface area contributed by atoms with Gasteiger partial charge in [0, 0.05) is 11.8 Å². The Kier molecular flexibility index (Phi) is 5.08. The lowest BCUT2D eigenvalue weighted by molar-refractivity contribution is -0.122. The molecule has 2 unspecified atom stereocenters. The van der Waals surface area contributed by atoms with Crippen molar-refractivity contribution in [3.63, 3.8) is 0 Å². The van der Waals surface area contributed by atoms with Crippen LogP contribution in [-0.2, 0) is 9.59 Å². The van der Waals surface area contributed by atoms with Crippen LogP contribution in [0.25, 0.3) is 0 Å². The fraction of sp³-hybridized carbons (Fsp3) is 0.222. The van der Waals surface area contributed by atoms with Crippen molar-refractivity contribution in [1.82, 2.24) is 0 Å². The van der Waals surface area contributed by atoms with Gasteiger partial charge in [-0.3, -0.25) is 9.59 Å². The van der Waals surface area contributed by atoms with Crippen LogP contribution in [-0.4, -0.2) is 18.9 Å². The van der Waals surface area contributed by atoms with Gasteiger partial charge in [-0.1, -0.05) is 11.6 Å². The van der Waals surface area contributed by atoms with E-state index in [9.17, 15) is 18.4 Å². The van der Waals surface area contributed by atoms with Crippen molar-refractivity contribution in [2.75, 3.05) is 17.7 Å². The minimum atomic E-state index is -0.868. The Morgan fingerprint density at radius 1 is 1.08 bits per heavy atom. The van der Waals surface area contributed by atoms with Crippen LogP contribution >= 0.6 is 11.6 Å². The highest BCUT2D eigenvalue weighted by molar-refractivity contribution is 6.32. The molecule has 2 aromatic rings. The van der Waals surface area contributed by atoms with Crippen LogP contribution in [0.2, 0.25) is 5.02 Å². The molecule has 26 heavy (non-hydrogen) atoms. The number of carbonyl (C=O) groups is 2. The molecule has 2 amide bonds. The summed E-state index contributed by atoms with van der Waals surface area (Å²) in [5, 5.41) is 5.40. The van der Waals surface area contributed by atoms with Gasteiger partial charge in [-0.15, -0.1) is 0 Å². The Hall–Kier alpha value is -2.67. The molecule has 136 valence electrons. The van der Waals surface area contributed by atoms with Gasteiger partial charge in [-0.2, -0.15) is 0 Å². The number of anilines is 2. The maximum absolute atomic E-state index is 13.6. The molecule has 5 nitrogen and oxygen atoms in total. The zero-order valence-corrected chi connectivity index (χ0v) is 14.4. The number of amides is 2. The predicted molar refractivity (Wildman–Crippen MR) is 93.2 cm³/mol. The number of rotatable bonds is 5. The number of ether oxygens (including phenoxy) is 1. The third-order valence-corrected chi connectivity index (χ3v) is 4.37. The monoisotopic (exact) mass is 380 g/mol. The summed E-state index contributed by atoms with van der Waals surface area (Å²) in [4.78, 5) is 24.4. The second kappa shape index (κ2) is 7.29. The third kappa shape index (κ3) is 3.94. The number of nitrogens with one attached hydrogen (secondary N) is 2. The van der Waals surface area contributed by atoms with E-state index in [1.807, 2.05) is 0 Å². The van der Waals surface area contributed by atoms with E-state index in [1.165, 1.54) is 7.11 Å². The fourth-order valence-corrected chi connectivity index (χ4v) is 2.83. The highest BCUT2D eigenvalue weighted by atomic mass is 35.5. The molecule has 1 aliphatic carbocycles. The van der Waals surface area contributed by atoms with Crippen LogP contribution in [0.15, 0.2) is 36.4 Å². The molecule has 0 spiro atoms. The lowest BCUT2D eigenvalue weighted by atomic mass is 10.2. The minimum Gasteiger partial charge on any atom is -0.495 e. The minimum absolute atomic E-state index is 0.121. The van der Waals surface area contributed by atoms with E-state index in [4.69, 9.17) is 16.3 Å². The summed E-state index contributed by atoms with van der Waals surface area (Å²) in [5.74, 6) is -3.01. The molecular weight excluding hydrogens is 366 g/mol. The zero-order valence-electron chi connectivity index (χ0n) is 13.7. The summed E-state index contributed by atoms with van der Waals surface area (Å²) < 4.78 is 31.5. The van der Waals surface area contributed by atoms with Gasteiger partial charge < -0.3 is 15.4 Å². The first-order chi connectivity index (χ1) is 12.4. The Balaban J connectivity index is 1.58. The third-order valence-electron chi connectivity index (χ3n) is 4.07. The van der Waals surface area contributed by atoms with Gasteiger partial charge in [0.1, 0.15) is 17.4 Å². The molecule has 0 heterocycles. The van der Waals surface area contributed by atoms with Crippen LogP contribution in [0.4, 0.5) is 20.2 Å². The smallest absolute Gasteiger partial charge is 0.228 e. The van der Waals surface area contributed by atoms with Gasteiger partial charge in [0.2, 0.25) is 11.8 Å². The van der Waals surface area contributed by atoms with E-state index in [1.54, 1.807) is 18.2 Å². The van der Waals surface area contributed by atoms with Crippen molar-refractivity contribution >= 4 is 34.8 Å². The van der Waals surface area contributed by atoms with Crippen LogP contribution in [0.3, 0.4) is 0 Å². The average molecular weight is 381 g/mol. The SMILES string of the molecule is COc1ccc(NC(=O)C2CC2C(=O)Nc2ccc(F)cc2F)cc1Cl. The zero-order chi connectivity index (χ0) is 18.8. The molecule has 0 bridgehead atoms. The largest absolute Gasteiger partial charge is 0.495 e. The normalized spacial score (nSPS) is 18.2. The number of benzene rings is 2. The topological polar surface area (TPSA) is 67.4 Å². The van der Waals surface area contributed by atoms with Crippen molar-refractivity contribution < 1.29 is 23.1 Å². The highest BCUT2D eigenvalue weighted by Gasteiger charge is 2.48. The molecule has 8 heteroatoms. The summed E-state index contributed by atoms with van der Waals surface area (Å²) in [7, 11) is 1.48. The Morgan fingerprint density at radius 3 is 2.38 bits per heavy atom. The molecular formula is C18H15ClF2N2O3. The van der Waals surface area contributed by atoms with Gasteiger partial charge >= 0.3 is 0 Å². The average Bonchev–Trinajstić information content (AvgIpc) is 3.38. The summed E-state index contributed by atoms with van der Waals surface area (Å²) in [5.41, 5.74) is 0.362. The summed E-state index contributed by atoms with van der Waals surface area (Å²) in [6.07, 6.45) is 0.352. The lowest BCUT2D eigenvalue weighted by Crippen LogP contribution is -2.21. The van der Waals surface area contributed by atoms with Crippen LogP contribution in [0.1, 0.15) is 6.42 Å². The molecule has 2 atom stereocenters. The van der Waals surface area contributed by atoms with E-state index in [0.29, 0.717) is 28.9 Å². The Bertz CT molecular complexity index is 876. The van der Waals surface area contributed by atoms with Gasteiger partial charge in [0.25, 0.3) is 0 Å². The summed E-state index contributed by atoms with van der Waals surface area (Å²) >= 11 is 6.00. The fourth-order valence-electron chi connectivity index (χ4n) is 2.57. The van der Waals surface area contributed by atoms with Crippen LogP contribution < -0.4 is 15.4 Å². The van der Waals surface area contributed by atoms with Crippen molar-refractivity contribution in [2.24, 2.45) is 11.8 Å². The number of hydrogen-bond acceptors (Lipinski definition) is 3. The Labute approximate surface area is 153 Å². The van der Waals surface area contributed by atoms with E-state index in [-0.39, 0.29) is 11.6 Å². The standard InChI is InChI=1S/C18H15ClF2N2O3/c1-26-16-5-3-10(7-13(16)19)22-17(24)11-8-12(11)18(25)23-15-4-2-9(20)6-14(15)21/h2-7,11-12H,8H2,1H3,(H,22,24)(H,23,25). The first kappa shape index (κ1) is 18.1. The Morgan fingerprint density at radius 2 is 1.77 bits per heavy atom. The van der Waals surface area contributed by atoms with Crippen LogP contribution in [0.5, 0.6) is 5.75 Å². The molecule has 3 rings (SSSR count). The molecule has 1 aliphatic rings. The van der Waals surface area contributed by atoms with E-state index < -0.39 is 29.4 Å². The molecule has 2 N–H and O–H groups in total. The molecule has 0 aliphatic heterocycles. The maximum atomic E-state index is 13.6. The summed E-state index contributed by atoms with van der Waals surface area (Å²) in [6, 6.07) is 7.66. The lowest BCUT2D eigenvalue weighted by Gasteiger charge is -2.08. The predicted octanol–water partition coefficient (Wildman–Crippen LogP) is 3.84. The van der Waals surface area contributed by atoms with Crippen molar-refractivity contribution in [3.05, 3.63) is 53.1 Å². The summed E-state index contributed by atoms with van der Waals surface area (Å²) in [6.45, 7) is 0. The molecule has 0 radical (unpaired) electrons. The number of carbonyl (C=O) groups excluding carboxylic acids is 2.